The van der Waals surface area contributed by atoms with E-state index in [1.54, 1.807) is 24.3 Å². The molecule has 2 atom stereocenters. The number of benzene rings is 2. The Morgan fingerprint density at radius 1 is 1.17 bits per heavy atom. The Hall–Kier alpha value is -2.25. The first-order chi connectivity index (χ1) is 13.4. The van der Waals surface area contributed by atoms with Crippen LogP contribution in [0.3, 0.4) is 0 Å². The highest BCUT2D eigenvalue weighted by Gasteiger charge is 2.33. The van der Waals surface area contributed by atoms with Gasteiger partial charge in [-0.2, -0.15) is 0 Å². The van der Waals surface area contributed by atoms with Crippen LogP contribution >= 0.6 is 11.6 Å². The van der Waals surface area contributed by atoms with E-state index < -0.39 is 17.5 Å². The summed E-state index contributed by atoms with van der Waals surface area (Å²) >= 11 is 6.25. The van der Waals surface area contributed by atoms with Crippen molar-refractivity contribution in [2.45, 2.75) is 18.4 Å². The normalized spacial score (nSPS) is 19.8. The molecule has 1 aliphatic rings. The summed E-state index contributed by atoms with van der Waals surface area (Å²) in [4.78, 5) is 14.8. The fourth-order valence-corrected chi connectivity index (χ4v) is 4.13. The van der Waals surface area contributed by atoms with Crippen molar-refractivity contribution in [3.8, 4) is 22.8 Å². The number of phenolic OH excluding ortho intramolecular Hbond substituents is 2. The summed E-state index contributed by atoms with van der Waals surface area (Å²) < 4.78 is 6.00. The Bertz CT molecular complexity index is 1110. The zero-order valence-corrected chi connectivity index (χ0v) is 17.1. The molecule has 3 aromatic rings. The number of phenols is 2. The van der Waals surface area contributed by atoms with Crippen LogP contribution < -0.4 is 17.8 Å². The van der Waals surface area contributed by atoms with Gasteiger partial charge in [-0.15, -0.1) is 0 Å². The number of likely N-dealkylation sites (N-methyl/N-ethyl adjacent to an activating group) is 1. The molecule has 6 nitrogen and oxygen atoms in total. The van der Waals surface area contributed by atoms with Crippen molar-refractivity contribution in [2.24, 2.45) is 0 Å². The summed E-state index contributed by atoms with van der Waals surface area (Å²) in [5, 5.41) is 31.8. The van der Waals surface area contributed by atoms with E-state index in [2.05, 4.69) is 0 Å². The molecule has 1 fully saturated rings. The number of aliphatic hydroxyl groups is 1. The Morgan fingerprint density at radius 2 is 1.90 bits per heavy atom. The maximum absolute atomic E-state index is 12.8. The second-order valence-electron chi connectivity index (χ2n) is 7.21. The topological polar surface area (TPSA) is 94.1 Å². The van der Waals surface area contributed by atoms with Crippen LogP contribution in [0.25, 0.3) is 22.3 Å². The van der Waals surface area contributed by atoms with Gasteiger partial charge in [-0.1, -0.05) is 23.7 Å². The van der Waals surface area contributed by atoms with Crippen molar-refractivity contribution >= 4 is 22.6 Å². The van der Waals surface area contributed by atoms with E-state index in [0.717, 1.165) is 12.6 Å². The molecule has 4 rings (SSSR count). The van der Waals surface area contributed by atoms with Crippen molar-refractivity contribution < 1.29 is 32.1 Å². The van der Waals surface area contributed by atoms with Gasteiger partial charge in [-0.25, -0.2) is 0 Å². The van der Waals surface area contributed by atoms with Crippen molar-refractivity contribution in [3.63, 3.8) is 0 Å². The molecule has 0 bridgehead atoms. The number of hydrogen-bond acceptors (Lipinski definition) is 6. The van der Waals surface area contributed by atoms with Gasteiger partial charge in [0.25, 0.3) is 0 Å². The zero-order valence-electron chi connectivity index (χ0n) is 15.6. The predicted octanol–water partition coefficient (Wildman–Crippen LogP) is 0.309. The lowest BCUT2D eigenvalue weighted by atomic mass is 9.85. The average molecular weight is 437 g/mol. The van der Waals surface area contributed by atoms with Gasteiger partial charge < -0.3 is 37.0 Å². The average Bonchev–Trinajstić information content (AvgIpc) is 2.63. The van der Waals surface area contributed by atoms with E-state index in [9.17, 15) is 20.1 Å². The van der Waals surface area contributed by atoms with Crippen LogP contribution in [0.4, 0.5) is 0 Å². The van der Waals surface area contributed by atoms with Crippen LogP contribution in [0.5, 0.6) is 11.5 Å². The number of fused-ring (bicyclic) bond motifs is 1. The first kappa shape index (κ1) is 21.5. The predicted molar refractivity (Wildman–Crippen MR) is 107 cm³/mol. The summed E-state index contributed by atoms with van der Waals surface area (Å²) in [7, 11) is 1.91. The quantitative estimate of drug-likeness (QED) is 0.535. The summed E-state index contributed by atoms with van der Waals surface area (Å²) in [6.07, 6.45) is -0.169. The lowest BCUT2D eigenvalue weighted by Crippen LogP contribution is -3.00. The van der Waals surface area contributed by atoms with E-state index in [1.165, 1.54) is 6.07 Å². The largest absolute Gasteiger partial charge is 1.00 e. The molecule has 0 amide bonds. The standard InChI is InChI=1S/C21H20ClNO5.ClH/c1-23-7-6-12(17(27)10-23)19-14(24)8-15(25)20-16(26)9-18(28-21(19)20)11-4-2-3-5-13(11)22;/h2-5,8-9,12,17,24-25,27H,6-7,10H2,1H3;1H/p-1/t12-,17?;/m0./s1. The summed E-state index contributed by atoms with van der Waals surface area (Å²) in [6.45, 7) is 1.15. The van der Waals surface area contributed by atoms with E-state index in [1.807, 2.05) is 11.9 Å². The van der Waals surface area contributed by atoms with E-state index in [-0.39, 0.29) is 40.6 Å². The number of hydrogen-bond donors (Lipinski definition) is 3. The maximum Gasteiger partial charge on any atom is 0.197 e. The lowest BCUT2D eigenvalue weighted by molar-refractivity contribution is -0.0000111. The van der Waals surface area contributed by atoms with Crippen molar-refractivity contribution in [2.75, 3.05) is 20.1 Å². The molecular formula is C21H20Cl2NO5-. The molecule has 3 N–H and O–H groups in total. The molecule has 1 unspecified atom stereocenters. The smallest absolute Gasteiger partial charge is 0.197 e. The van der Waals surface area contributed by atoms with Crippen LogP contribution in [-0.4, -0.2) is 46.5 Å². The molecule has 154 valence electrons. The third-order valence-corrected chi connectivity index (χ3v) is 5.62. The van der Waals surface area contributed by atoms with E-state index in [4.69, 9.17) is 16.0 Å². The highest BCUT2D eigenvalue weighted by atomic mass is 35.5. The Labute approximate surface area is 178 Å². The van der Waals surface area contributed by atoms with Crippen molar-refractivity contribution in [1.29, 1.82) is 0 Å². The minimum Gasteiger partial charge on any atom is -1.00 e. The summed E-state index contributed by atoms with van der Waals surface area (Å²) in [5.41, 5.74) is 0.492. The fraction of sp³-hybridized carbons (Fsp3) is 0.286. The third kappa shape index (κ3) is 3.81. The molecule has 2 heterocycles. The van der Waals surface area contributed by atoms with Gasteiger partial charge in [0.1, 0.15) is 28.2 Å². The van der Waals surface area contributed by atoms with E-state index >= 15 is 0 Å². The molecule has 8 heteroatoms. The molecule has 1 saturated heterocycles. The molecule has 0 radical (unpaired) electrons. The zero-order chi connectivity index (χ0) is 20.0. The highest BCUT2D eigenvalue weighted by molar-refractivity contribution is 6.33. The van der Waals surface area contributed by atoms with Crippen LogP contribution in [0.2, 0.25) is 5.02 Å². The third-order valence-electron chi connectivity index (χ3n) is 5.29. The first-order valence-electron chi connectivity index (χ1n) is 9.01. The number of nitrogens with zero attached hydrogens (tertiary/aromatic N) is 1. The van der Waals surface area contributed by atoms with Gasteiger partial charge in [0.2, 0.25) is 0 Å². The van der Waals surface area contributed by atoms with Crippen LogP contribution in [0, 0.1) is 0 Å². The number of likely N-dealkylation sites (tertiary alicyclic amines) is 1. The monoisotopic (exact) mass is 436 g/mol. The van der Waals surface area contributed by atoms with Gasteiger partial charge in [0.15, 0.2) is 5.43 Å². The van der Waals surface area contributed by atoms with Crippen LogP contribution in [-0.2, 0) is 0 Å². The highest BCUT2D eigenvalue weighted by Crippen LogP contribution is 2.42. The van der Waals surface area contributed by atoms with Gasteiger partial charge in [-0.05, 0) is 32.1 Å². The summed E-state index contributed by atoms with van der Waals surface area (Å²) in [5.74, 6) is -0.767. The van der Waals surface area contributed by atoms with Crippen molar-refractivity contribution in [3.05, 3.63) is 57.2 Å². The minimum atomic E-state index is -0.744. The van der Waals surface area contributed by atoms with Gasteiger partial charge in [0, 0.05) is 35.7 Å². The number of halogens is 2. The molecule has 0 spiro atoms. The van der Waals surface area contributed by atoms with E-state index in [0.29, 0.717) is 29.1 Å². The molecule has 29 heavy (non-hydrogen) atoms. The Morgan fingerprint density at radius 3 is 2.59 bits per heavy atom. The SMILES string of the molecule is CN1CC[C@H](c2c(O)cc(O)c3c(=O)cc(-c4ccccc4Cl)oc23)C(O)C1.[Cl-]. The second-order valence-corrected chi connectivity index (χ2v) is 7.62. The van der Waals surface area contributed by atoms with Crippen LogP contribution in [0.1, 0.15) is 17.9 Å². The summed E-state index contributed by atoms with van der Waals surface area (Å²) in [6, 6.07) is 9.35. The van der Waals surface area contributed by atoms with Gasteiger partial charge in [0.05, 0.1) is 11.1 Å². The molecule has 0 saturated carbocycles. The number of aromatic hydroxyl groups is 2. The van der Waals surface area contributed by atoms with Gasteiger partial charge >= 0.3 is 0 Å². The molecule has 1 aromatic heterocycles. The number of piperidine rings is 1. The van der Waals surface area contributed by atoms with Crippen molar-refractivity contribution in [1.82, 2.24) is 4.90 Å². The maximum atomic E-state index is 12.8. The minimum absolute atomic E-state index is 0. The molecule has 2 aromatic carbocycles. The first-order valence-corrected chi connectivity index (χ1v) is 9.38. The molecule has 0 aliphatic carbocycles. The van der Waals surface area contributed by atoms with Crippen LogP contribution in [0.15, 0.2) is 45.6 Å². The number of rotatable bonds is 2. The number of aliphatic hydroxyl groups excluding tert-OH is 1. The second kappa shape index (κ2) is 8.24. The molecular weight excluding hydrogens is 417 g/mol. The number of β-amino-alcohol motifs (C(OH)–C–C–N with tert-alkyl or cyclic N) is 1. The fourth-order valence-electron chi connectivity index (χ4n) is 3.90. The Balaban J connectivity index is 0.00000240. The lowest BCUT2D eigenvalue weighted by Gasteiger charge is -2.34. The molecule has 1 aliphatic heterocycles. The Kier molecular flexibility index (Phi) is 6.10. The van der Waals surface area contributed by atoms with Gasteiger partial charge in [-0.3, -0.25) is 4.79 Å².